The molecule has 0 amide bonds. The van der Waals surface area contributed by atoms with Crippen LogP contribution in [0.1, 0.15) is 42.0 Å². The normalized spacial score (nSPS) is 11.0. The van der Waals surface area contributed by atoms with Crippen LogP contribution in [0.15, 0.2) is 27.7 Å². The molecule has 0 spiro atoms. The summed E-state index contributed by atoms with van der Waals surface area (Å²) in [4.78, 5) is 4.29. The molecule has 6 nitrogen and oxygen atoms in total. The summed E-state index contributed by atoms with van der Waals surface area (Å²) >= 11 is 0. The molecular weight excluding hydrogens is 443 g/mol. The predicted octanol–water partition coefficient (Wildman–Crippen LogP) is 3.60. The van der Waals surface area contributed by atoms with Crippen LogP contribution >= 0.6 is 24.0 Å². The number of methoxy groups -OCH3 is 1. The van der Waals surface area contributed by atoms with Crippen LogP contribution in [0.4, 0.5) is 0 Å². The summed E-state index contributed by atoms with van der Waals surface area (Å²) in [6, 6.07) is 6.19. The quantitative estimate of drug-likeness (QED) is 0.366. The molecule has 0 aliphatic rings. The van der Waals surface area contributed by atoms with Gasteiger partial charge in [-0.05, 0) is 30.5 Å². The molecule has 144 valence electrons. The highest BCUT2D eigenvalue weighted by Gasteiger charge is 2.13. The monoisotopic (exact) mass is 472 g/mol. The lowest BCUT2D eigenvalue weighted by Crippen LogP contribution is -2.36. The molecule has 0 atom stereocenters. The first kappa shape index (κ1) is 22.3. The van der Waals surface area contributed by atoms with Gasteiger partial charge in [-0.2, -0.15) is 0 Å². The minimum Gasteiger partial charge on any atom is -0.496 e. The topological polar surface area (TPSA) is 71.7 Å². The summed E-state index contributed by atoms with van der Waals surface area (Å²) in [5.74, 6) is 2.57. The van der Waals surface area contributed by atoms with Crippen molar-refractivity contribution in [1.29, 1.82) is 0 Å². The maximum atomic E-state index is 5.40. The van der Waals surface area contributed by atoms with Gasteiger partial charge < -0.3 is 19.9 Å². The molecule has 0 unspecified atom stereocenters. The lowest BCUT2D eigenvalue weighted by Gasteiger charge is -2.13. The number of aliphatic imine (C=N–C) groups is 1. The second kappa shape index (κ2) is 11.1. The molecule has 7 heteroatoms. The minimum atomic E-state index is 0. The van der Waals surface area contributed by atoms with E-state index in [1.54, 1.807) is 14.2 Å². The van der Waals surface area contributed by atoms with Crippen LogP contribution in [0.25, 0.3) is 0 Å². The average molecular weight is 472 g/mol. The van der Waals surface area contributed by atoms with Gasteiger partial charge >= 0.3 is 0 Å². The van der Waals surface area contributed by atoms with Gasteiger partial charge in [0.2, 0.25) is 0 Å². The van der Waals surface area contributed by atoms with E-state index in [2.05, 4.69) is 46.8 Å². The van der Waals surface area contributed by atoms with Gasteiger partial charge in [0.25, 0.3) is 0 Å². The molecule has 1 aromatic heterocycles. The Bertz CT molecular complexity index is 707. The van der Waals surface area contributed by atoms with E-state index < -0.39 is 0 Å². The van der Waals surface area contributed by atoms with Crippen LogP contribution in [0.3, 0.4) is 0 Å². The van der Waals surface area contributed by atoms with E-state index in [4.69, 9.17) is 9.26 Å². The van der Waals surface area contributed by atoms with Crippen molar-refractivity contribution < 1.29 is 9.26 Å². The van der Waals surface area contributed by atoms with Gasteiger partial charge in [0, 0.05) is 32.1 Å². The molecule has 0 saturated heterocycles. The molecule has 2 aromatic rings. The molecule has 1 heterocycles. The molecule has 0 aliphatic heterocycles. The van der Waals surface area contributed by atoms with E-state index in [9.17, 15) is 0 Å². The molecule has 1 aromatic carbocycles. The Balaban J connectivity index is 0.00000338. The fraction of sp³-hybridized carbons (Fsp3) is 0.474. The highest BCUT2D eigenvalue weighted by Crippen LogP contribution is 2.19. The number of hydrogen-bond donors (Lipinski definition) is 2. The van der Waals surface area contributed by atoms with Crippen LogP contribution in [0, 0.1) is 6.92 Å². The highest BCUT2D eigenvalue weighted by molar-refractivity contribution is 14.0. The molecule has 2 rings (SSSR count). The first-order valence-corrected chi connectivity index (χ1v) is 8.67. The predicted molar refractivity (Wildman–Crippen MR) is 115 cm³/mol. The van der Waals surface area contributed by atoms with Gasteiger partial charge in [0.1, 0.15) is 11.5 Å². The maximum Gasteiger partial charge on any atom is 0.191 e. The summed E-state index contributed by atoms with van der Waals surface area (Å²) in [6.45, 7) is 7.50. The summed E-state index contributed by atoms with van der Waals surface area (Å²) in [6.07, 6.45) is 1.69. The van der Waals surface area contributed by atoms with Gasteiger partial charge in [-0.25, -0.2) is 0 Å². The molecule has 0 aliphatic carbocycles. The standard InChI is InChI=1S/C19H28N4O2.HI/c1-6-16-15(17(7-2)25-23-16)12-22-19(20-4)21-11-14-9-8-13(3)18(10-14)24-5;/h8-10H,6-7,11-12H2,1-5H3,(H2,20,21,22);1H. The number of hydrogen-bond acceptors (Lipinski definition) is 4. The third kappa shape index (κ3) is 5.62. The van der Waals surface area contributed by atoms with Gasteiger partial charge in [0.05, 0.1) is 12.8 Å². The summed E-state index contributed by atoms with van der Waals surface area (Å²) in [5, 5.41) is 10.8. The first-order valence-electron chi connectivity index (χ1n) is 8.67. The van der Waals surface area contributed by atoms with E-state index in [0.717, 1.165) is 52.7 Å². The van der Waals surface area contributed by atoms with Crippen molar-refractivity contribution in [3.05, 3.63) is 46.3 Å². The van der Waals surface area contributed by atoms with Crippen LogP contribution in [-0.4, -0.2) is 25.3 Å². The second-order valence-electron chi connectivity index (χ2n) is 5.82. The van der Waals surface area contributed by atoms with E-state index >= 15 is 0 Å². The van der Waals surface area contributed by atoms with Gasteiger partial charge in [-0.15, -0.1) is 24.0 Å². The molecule has 0 radical (unpaired) electrons. The maximum absolute atomic E-state index is 5.40. The van der Waals surface area contributed by atoms with Crippen molar-refractivity contribution in [1.82, 2.24) is 15.8 Å². The van der Waals surface area contributed by atoms with Crippen LogP contribution < -0.4 is 15.4 Å². The summed E-state index contributed by atoms with van der Waals surface area (Å²) in [7, 11) is 3.45. The minimum absolute atomic E-state index is 0. The van der Waals surface area contributed by atoms with Gasteiger partial charge in [-0.1, -0.05) is 31.1 Å². The van der Waals surface area contributed by atoms with Gasteiger partial charge in [-0.3, -0.25) is 4.99 Å². The van der Waals surface area contributed by atoms with E-state index in [1.165, 1.54) is 0 Å². The van der Waals surface area contributed by atoms with Crippen LogP contribution in [0.5, 0.6) is 5.75 Å². The number of rotatable bonds is 7. The van der Waals surface area contributed by atoms with Crippen molar-refractivity contribution in [2.45, 2.75) is 46.7 Å². The summed E-state index contributed by atoms with van der Waals surface area (Å²) in [5.41, 5.74) is 4.40. The Kier molecular flexibility index (Phi) is 9.47. The molecule has 0 saturated carbocycles. The number of ether oxygens (including phenoxy) is 1. The fourth-order valence-electron chi connectivity index (χ4n) is 2.69. The molecule has 26 heavy (non-hydrogen) atoms. The fourth-order valence-corrected chi connectivity index (χ4v) is 2.69. The zero-order valence-electron chi connectivity index (χ0n) is 16.2. The molecule has 0 bridgehead atoms. The average Bonchev–Trinajstić information content (AvgIpc) is 3.05. The number of nitrogens with one attached hydrogen (secondary N) is 2. The third-order valence-electron chi connectivity index (χ3n) is 4.20. The first-order chi connectivity index (χ1) is 12.1. The van der Waals surface area contributed by atoms with Crippen LogP contribution in [0.2, 0.25) is 0 Å². The lowest BCUT2D eigenvalue weighted by atomic mass is 10.1. The zero-order chi connectivity index (χ0) is 18.2. The van der Waals surface area contributed by atoms with Gasteiger partial charge in [0.15, 0.2) is 5.96 Å². The SMILES string of the molecule is CCc1noc(CC)c1CNC(=NC)NCc1ccc(C)c(OC)c1.I. The van der Waals surface area contributed by atoms with Crippen molar-refractivity contribution in [3.8, 4) is 5.75 Å². The number of guanidine groups is 1. The van der Waals surface area contributed by atoms with Crippen molar-refractivity contribution in [2.24, 2.45) is 4.99 Å². The zero-order valence-corrected chi connectivity index (χ0v) is 18.5. The molecular formula is C19H29IN4O2. The van der Waals surface area contributed by atoms with E-state index in [-0.39, 0.29) is 24.0 Å². The number of halogens is 1. The second-order valence-corrected chi connectivity index (χ2v) is 5.82. The van der Waals surface area contributed by atoms with E-state index in [1.807, 2.05) is 13.0 Å². The van der Waals surface area contributed by atoms with Crippen LogP contribution in [-0.2, 0) is 25.9 Å². The lowest BCUT2D eigenvalue weighted by molar-refractivity contribution is 0.380. The Labute approximate surface area is 172 Å². The van der Waals surface area contributed by atoms with Crippen molar-refractivity contribution in [3.63, 3.8) is 0 Å². The van der Waals surface area contributed by atoms with Crippen molar-refractivity contribution >= 4 is 29.9 Å². The number of aryl methyl sites for hydroxylation is 3. The van der Waals surface area contributed by atoms with Crippen molar-refractivity contribution in [2.75, 3.05) is 14.2 Å². The Morgan fingerprint density at radius 2 is 1.92 bits per heavy atom. The molecule has 2 N–H and O–H groups in total. The Hall–Kier alpha value is -1.77. The third-order valence-corrected chi connectivity index (χ3v) is 4.20. The number of aromatic nitrogens is 1. The molecule has 0 fully saturated rings. The Morgan fingerprint density at radius 1 is 1.19 bits per heavy atom. The number of nitrogens with zero attached hydrogens (tertiary/aromatic N) is 2. The highest BCUT2D eigenvalue weighted by atomic mass is 127. The number of benzene rings is 1. The summed E-state index contributed by atoms with van der Waals surface area (Å²) < 4.78 is 10.8. The Morgan fingerprint density at radius 3 is 2.54 bits per heavy atom. The smallest absolute Gasteiger partial charge is 0.191 e. The largest absolute Gasteiger partial charge is 0.496 e. The van der Waals surface area contributed by atoms with E-state index in [0.29, 0.717) is 13.1 Å².